The number of hydrogen-bond acceptors (Lipinski definition) is 8. The molecule has 3 aromatic rings. The second-order valence-electron chi connectivity index (χ2n) is 12.1. The number of anilines is 1. The third kappa shape index (κ3) is 8.17. The SMILES string of the molecule is COc1cc2c(c(OC)c1OC)-c1ccc(NCCCC(=O)N3CCN(CC=Cc4ccccc4)CC3)c(=O)cc1C(NC(C)=O)CC2. The minimum absolute atomic E-state index is 0.134. The van der Waals surface area contributed by atoms with Gasteiger partial charge in [0.2, 0.25) is 23.0 Å². The molecule has 254 valence electrons. The van der Waals surface area contributed by atoms with E-state index in [1.807, 2.05) is 35.2 Å². The van der Waals surface area contributed by atoms with Gasteiger partial charge in [-0.25, -0.2) is 0 Å². The van der Waals surface area contributed by atoms with Crippen molar-refractivity contribution >= 4 is 23.6 Å². The van der Waals surface area contributed by atoms with Crippen LogP contribution in [0.15, 0.2) is 65.5 Å². The van der Waals surface area contributed by atoms with Crippen molar-refractivity contribution < 1.29 is 23.8 Å². The van der Waals surface area contributed by atoms with Gasteiger partial charge in [0.05, 0.1) is 33.1 Å². The second-order valence-corrected chi connectivity index (χ2v) is 12.1. The van der Waals surface area contributed by atoms with Gasteiger partial charge in [-0.1, -0.05) is 48.6 Å². The van der Waals surface area contributed by atoms with Crippen molar-refractivity contribution in [1.82, 2.24) is 15.1 Å². The molecule has 1 atom stereocenters. The topological polar surface area (TPSA) is 109 Å². The van der Waals surface area contributed by atoms with E-state index in [0.29, 0.717) is 73.8 Å². The van der Waals surface area contributed by atoms with E-state index < -0.39 is 0 Å². The first kappa shape index (κ1) is 34.5. The number of hydrogen-bond donors (Lipinski definition) is 2. The molecule has 1 unspecified atom stereocenters. The lowest BCUT2D eigenvalue weighted by atomic mass is 9.95. The van der Waals surface area contributed by atoms with Crippen molar-refractivity contribution in [2.45, 2.75) is 38.6 Å². The zero-order valence-corrected chi connectivity index (χ0v) is 28.3. The predicted octanol–water partition coefficient (Wildman–Crippen LogP) is 4.91. The fourth-order valence-electron chi connectivity index (χ4n) is 6.56. The van der Waals surface area contributed by atoms with Crippen LogP contribution in [0.2, 0.25) is 0 Å². The lowest BCUT2D eigenvalue weighted by Crippen LogP contribution is -2.48. The molecule has 1 aliphatic heterocycles. The predicted molar refractivity (Wildman–Crippen MR) is 189 cm³/mol. The lowest BCUT2D eigenvalue weighted by Gasteiger charge is -2.34. The Hall–Kier alpha value is -4.83. The number of amides is 2. The number of benzene rings is 2. The monoisotopic (exact) mass is 654 g/mol. The van der Waals surface area contributed by atoms with Crippen LogP contribution in [-0.2, 0) is 16.0 Å². The van der Waals surface area contributed by atoms with Crippen molar-refractivity contribution in [2.75, 3.05) is 65.9 Å². The normalized spacial score (nSPS) is 16.0. The van der Waals surface area contributed by atoms with Gasteiger partial charge in [-0.05, 0) is 59.7 Å². The summed E-state index contributed by atoms with van der Waals surface area (Å²) >= 11 is 0. The van der Waals surface area contributed by atoms with Crippen LogP contribution in [0.25, 0.3) is 17.2 Å². The summed E-state index contributed by atoms with van der Waals surface area (Å²) in [7, 11) is 4.72. The Labute approximate surface area is 282 Å². The zero-order valence-electron chi connectivity index (χ0n) is 28.3. The Morgan fingerprint density at radius 3 is 2.38 bits per heavy atom. The van der Waals surface area contributed by atoms with Gasteiger partial charge in [0.1, 0.15) is 0 Å². The highest BCUT2D eigenvalue weighted by molar-refractivity contribution is 5.84. The number of fused-ring (bicyclic) bond motifs is 3. The first-order chi connectivity index (χ1) is 23.3. The maximum absolute atomic E-state index is 13.6. The van der Waals surface area contributed by atoms with E-state index in [9.17, 15) is 14.4 Å². The van der Waals surface area contributed by atoms with Crippen LogP contribution in [0.3, 0.4) is 0 Å². The van der Waals surface area contributed by atoms with E-state index in [2.05, 4.69) is 39.8 Å². The van der Waals surface area contributed by atoms with E-state index in [4.69, 9.17) is 14.2 Å². The quantitative estimate of drug-likeness (QED) is 0.265. The second kappa shape index (κ2) is 16.3. The highest BCUT2D eigenvalue weighted by Crippen LogP contribution is 2.50. The number of nitrogens with zero attached hydrogens (tertiary/aromatic N) is 2. The van der Waals surface area contributed by atoms with Gasteiger partial charge < -0.3 is 29.7 Å². The van der Waals surface area contributed by atoms with Crippen LogP contribution in [0.5, 0.6) is 17.2 Å². The summed E-state index contributed by atoms with van der Waals surface area (Å²) in [4.78, 5) is 43.0. The summed E-state index contributed by atoms with van der Waals surface area (Å²) in [5.41, 5.74) is 4.66. The minimum Gasteiger partial charge on any atom is -0.493 e. The van der Waals surface area contributed by atoms with Crippen LogP contribution in [-0.4, -0.2) is 82.2 Å². The van der Waals surface area contributed by atoms with Gasteiger partial charge in [-0.2, -0.15) is 0 Å². The highest BCUT2D eigenvalue weighted by Gasteiger charge is 2.29. The molecule has 2 aliphatic rings. The van der Waals surface area contributed by atoms with Crippen molar-refractivity contribution in [1.29, 1.82) is 0 Å². The summed E-state index contributed by atoms with van der Waals surface area (Å²) in [5, 5.41) is 6.29. The van der Waals surface area contributed by atoms with Crippen molar-refractivity contribution in [3.8, 4) is 28.4 Å². The van der Waals surface area contributed by atoms with Crippen LogP contribution in [0.4, 0.5) is 5.69 Å². The van der Waals surface area contributed by atoms with E-state index in [1.54, 1.807) is 33.5 Å². The average molecular weight is 655 g/mol. The molecular formula is C38H46N4O6. The molecule has 10 heteroatoms. The summed E-state index contributed by atoms with van der Waals surface area (Å²) in [6.07, 6.45) is 6.52. The summed E-state index contributed by atoms with van der Waals surface area (Å²) < 4.78 is 17.1. The van der Waals surface area contributed by atoms with Gasteiger partial charge in [-0.15, -0.1) is 0 Å². The molecule has 0 radical (unpaired) electrons. The van der Waals surface area contributed by atoms with E-state index >= 15 is 0 Å². The van der Waals surface area contributed by atoms with Crippen molar-refractivity contribution in [2.24, 2.45) is 0 Å². The summed E-state index contributed by atoms with van der Waals surface area (Å²) in [5.74, 6) is 1.47. The lowest BCUT2D eigenvalue weighted by molar-refractivity contribution is -0.132. The molecule has 2 N–H and O–H groups in total. The van der Waals surface area contributed by atoms with Crippen molar-refractivity contribution in [3.05, 3.63) is 87.6 Å². The molecule has 0 spiro atoms. The smallest absolute Gasteiger partial charge is 0.222 e. The van der Waals surface area contributed by atoms with Gasteiger partial charge in [-0.3, -0.25) is 19.3 Å². The number of piperazine rings is 1. The van der Waals surface area contributed by atoms with Gasteiger partial charge >= 0.3 is 0 Å². The Bertz CT molecular complexity index is 1690. The number of ether oxygens (including phenoxy) is 3. The number of methoxy groups -OCH3 is 3. The standard InChI is InChI=1S/C38H46N4O6/c1-26(43)40-31-16-14-28-24-34(46-2)37(47-3)38(48-4)36(28)29-15-17-32(33(44)25-30(29)31)39-18-8-13-35(45)42-22-20-41(21-23-42)19-9-12-27-10-6-5-7-11-27/h5-7,9-12,15,17,24-25,31H,8,13-14,16,18-23H2,1-4H3,(H,39,44)(H,40,43). The maximum atomic E-state index is 13.6. The zero-order chi connectivity index (χ0) is 34.0. The largest absolute Gasteiger partial charge is 0.493 e. The molecule has 2 amide bonds. The first-order valence-corrected chi connectivity index (χ1v) is 16.6. The van der Waals surface area contributed by atoms with Gasteiger partial charge in [0.25, 0.3) is 0 Å². The fourth-order valence-corrected chi connectivity index (χ4v) is 6.56. The van der Waals surface area contributed by atoms with Crippen LogP contribution >= 0.6 is 0 Å². The molecule has 5 rings (SSSR count). The first-order valence-electron chi connectivity index (χ1n) is 16.6. The van der Waals surface area contributed by atoms with Crippen LogP contribution < -0.4 is 30.3 Å². The Morgan fingerprint density at radius 2 is 1.69 bits per heavy atom. The number of rotatable bonds is 12. The third-order valence-corrected chi connectivity index (χ3v) is 9.00. The number of aryl methyl sites for hydroxylation is 1. The Kier molecular flexibility index (Phi) is 11.7. The number of nitrogens with one attached hydrogen (secondary N) is 2. The number of carbonyl (C=O) groups is 2. The van der Waals surface area contributed by atoms with E-state index in [0.717, 1.165) is 36.3 Å². The highest BCUT2D eigenvalue weighted by atomic mass is 16.5. The molecule has 10 nitrogen and oxygen atoms in total. The molecule has 1 saturated heterocycles. The van der Waals surface area contributed by atoms with Crippen LogP contribution in [0, 0.1) is 0 Å². The summed E-state index contributed by atoms with van der Waals surface area (Å²) in [6.45, 7) is 5.94. The Morgan fingerprint density at radius 1 is 0.938 bits per heavy atom. The van der Waals surface area contributed by atoms with Gasteiger partial charge in [0.15, 0.2) is 11.5 Å². The van der Waals surface area contributed by atoms with Gasteiger partial charge in [0, 0.05) is 58.2 Å². The van der Waals surface area contributed by atoms with E-state index in [1.165, 1.54) is 12.5 Å². The molecule has 0 saturated carbocycles. The molecule has 1 aliphatic carbocycles. The maximum Gasteiger partial charge on any atom is 0.222 e. The number of carbonyl (C=O) groups excluding carboxylic acids is 2. The molecule has 3 aromatic carbocycles. The Balaban J connectivity index is 1.24. The fraction of sp³-hybridized carbons (Fsp3) is 0.395. The average Bonchev–Trinajstić information content (AvgIpc) is 3.34. The molecular weight excluding hydrogens is 608 g/mol. The van der Waals surface area contributed by atoms with Crippen molar-refractivity contribution in [3.63, 3.8) is 0 Å². The molecule has 1 fully saturated rings. The molecule has 0 bridgehead atoms. The molecule has 48 heavy (non-hydrogen) atoms. The minimum atomic E-state index is -0.377. The summed E-state index contributed by atoms with van der Waals surface area (Å²) in [6, 6.07) is 17.1. The molecule has 1 heterocycles. The third-order valence-electron chi connectivity index (χ3n) is 9.00. The van der Waals surface area contributed by atoms with E-state index in [-0.39, 0.29) is 23.3 Å². The molecule has 0 aromatic heterocycles. The van der Waals surface area contributed by atoms with Crippen LogP contribution in [0.1, 0.15) is 48.9 Å².